The summed E-state index contributed by atoms with van der Waals surface area (Å²) in [5.74, 6) is 0. The molecule has 1 heterocycles. The van der Waals surface area contributed by atoms with Crippen LogP contribution < -0.4 is 5.32 Å². The van der Waals surface area contributed by atoms with Gasteiger partial charge in [-0.3, -0.25) is 0 Å². The van der Waals surface area contributed by atoms with Crippen LogP contribution in [0.4, 0.5) is 0 Å². The Hall–Kier alpha value is 0.270. The van der Waals surface area contributed by atoms with E-state index in [2.05, 4.69) is 18.4 Å². The Morgan fingerprint density at radius 2 is 2.38 bits per heavy atom. The van der Waals surface area contributed by atoms with Crippen molar-refractivity contribution in [2.75, 3.05) is 6.54 Å². The Morgan fingerprint density at radius 1 is 1.62 bits per heavy atom. The zero-order valence-corrected chi connectivity index (χ0v) is 7.44. The second-order valence-corrected chi connectivity index (χ2v) is 2.05. The van der Waals surface area contributed by atoms with Crippen LogP contribution in [0.1, 0.15) is 19.8 Å². The highest BCUT2D eigenvalue weighted by molar-refractivity contribution is 14.0. The molecule has 0 aromatic heterocycles. The summed E-state index contributed by atoms with van der Waals surface area (Å²) >= 11 is 0. The van der Waals surface area contributed by atoms with Crippen LogP contribution in [0, 0.1) is 0 Å². The molecule has 0 radical (unpaired) electrons. The van der Waals surface area contributed by atoms with Gasteiger partial charge in [0.15, 0.2) is 0 Å². The van der Waals surface area contributed by atoms with Gasteiger partial charge in [0.05, 0.1) is 0 Å². The van der Waals surface area contributed by atoms with Gasteiger partial charge in [-0.05, 0) is 26.0 Å². The highest BCUT2D eigenvalue weighted by Crippen LogP contribution is 2.04. The van der Waals surface area contributed by atoms with Gasteiger partial charge in [0.25, 0.3) is 0 Å². The van der Waals surface area contributed by atoms with Crippen LogP contribution in [0.3, 0.4) is 0 Å². The van der Waals surface area contributed by atoms with E-state index >= 15 is 0 Å². The molecule has 0 spiro atoms. The van der Waals surface area contributed by atoms with Crippen molar-refractivity contribution in [1.29, 1.82) is 0 Å². The van der Waals surface area contributed by atoms with E-state index in [1.54, 1.807) is 0 Å². The molecule has 1 nitrogen and oxygen atoms in total. The summed E-state index contributed by atoms with van der Waals surface area (Å²) in [6.07, 6.45) is 4.69. The maximum atomic E-state index is 3.17. The van der Waals surface area contributed by atoms with Crippen LogP contribution in [-0.2, 0) is 0 Å². The SMILES string of the molecule is CC1=CNCCC1.I. The van der Waals surface area contributed by atoms with Gasteiger partial charge in [0.2, 0.25) is 0 Å². The van der Waals surface area contributed by atoms with Crippen LogP contribution in [-0.4, -0.2) is 6.54 Å². The number of hydrogen-bond donors (Lipinski definition) is 1. The van der Waals surface area contributed by atoms with Gasteiger partial charge in [0, 0.05) is 6.54 Å². The van der Waals surface area contributed by atoms with E-state index in [9.17, 15) is 0 Å². The highest BCUT2D eigenvalue weighted by atomic mass is 127. The first-order valence-electron chi connectivity index (χ1n) is 2.78. The summed E-state index contributed by atoms with van der Waals surface area (Å²) < 4.78 is 0. The normalized spacial score (nSPS) is 17.9. The predicted octanol–water partition coefficient (Wildman–Crippen LogP) is 1.89. The van der Waals surface area contributed by atoms with Gasteiger partial charge in [-0.1, -0.05) is 5.57 Å². The number of halogens is 1. The molecule has 0 amide bonds. The topological polar surface area (TPSA) is 12.0 Å². The van der Waals surface area contributed by atoms with Crippen LogP contribution in [0.2, 0.25) is 0 Å². The zero-order valence-electron chi connectivity index (χ0n) is 5.11. The molecule has 0 aromatic carbocycles. The van der Waals surface area contributed by atoms with Crippen molar-refractivity contribution < 1.29 is 0 Å². The van der Waals surface area contributed by atoms with E-state index in [1.807, 2.05) is 0 Å². The first-order chi connectivity index (χ1) is 3.39. The zero-order chi connectivity index (χ0) is 5.11. The lowest BCUT2D eigenvalue weighted by Gasteiger charge is -2.08. The van der Waals surface area contributed by atoms with E-state index in [0.29, 0.717) is 0 Å². The Kier molecular flexibility index (Phi) is 4.32. The summed E-state index contributed by atoms with van der Waals surface area (Å²) in [7, 11) is 0. The molecule has 1 N–H and O–H groups in total. The molecule has 2 heteroatoms. The Bertz CT molecular complexity index is 88.5. The monoisotopic (exact) mass is 225 g/mol. The average Bonchev–Trinajstić information content (AvgIpc) is 1.69. The first kappa shape index (κ1) is 8.27. The van der Waals surface area contributed by atoms with Crippen molar-refractivity contribution in [2.24, 2.45) is 0 Å². The van der Waals surface area contributed by atoms with Gasteiger partial charge in [-0.2, -0.15) is 0 Å². The predicted molar refractivity (Wildman–Crippen MR) is 46.4 cm³/mol. The third kappa shape index (κ3) is 2.55. The number of nitrogens with one attached hydrogen (secondary N) is 1. The lowest BCUT2D eigenvalue weighted by Crippen LogP contribution is -2.12. The van der Waals surface area contributed by atoms with Crippen molar-refractivity contribution >= 4 is 24.0 Å². The van der Waals surface area contributed by atoms with Gasteiger partial charge >= 0.3 is 0 Å². The van der Waals surface area contributed by atoms with Gasteiger partial charge in [0.1, 0.15) is 0 Å². The van der Waals surface area contributed by atoms with Crippen molar-refractivity contribution in [3.05, 3.63) is 11.8 Å². The molecule has 0 unspecified atom stereocenters. The minimum atomic E-state index is 0. The molecular weight excluding hydrogens is 213 g/mol. The molecule has 0 aliphatic carbocycles. The van der Waals surface area contributed by atoms with Crippen molar-refractivity contribution in [3.63, 3.8) is 0 Å². The molecule has 0 saturated carbocycles. The summed E-state index contributed by atoms with van der Waals surface area (Å²) in [6, 6.07) is 0. The Balaban J connectivity index is 0.000000490. The Labute approximate surface area is 67.6 Å². The summed E-state index contributed by atoms with van der Waals surface area (Å²) in [5, 5.41) is 3.17. The Morgan fingerprint density at radius 3 is 2.62 bits per heavy atom. The summed E-state index contributed by atoms with van der Waals surface area (Å²) in [5.41, 5.74) is 1.48. The fraction of sp³-hybridized carbons (Fsp3) is 0.667. The largest absolute Gasteiger partial charge is 0.391 e. The third-order valence-electron chi connectivity index (χ3n) is 1.24. The van der Waals surface area contributed by atoms with Crippen molar-refractivity contribution in [1.82, 2.24) is 5.32 Å². The highest BCUT2D eigenvalue weighted by Gasteiger charge is 1.93. The standard InChI is InChI=1S/C6H11N.HI/c1-6-3-2-4-7-5-6;/h5,7H,2-4H2,1H3;1H. The number of rotatable bonds is 0. The van der Waals surface area contributed by atoms with E-state index in [0.717, 1.165) is 6.54 Å². The van der Waals surface area contributed by atoms with Crippen LogP contribution in [0.5, 0.6) is 0 Å². The minimum absolute atomic E-state index is 0. The fourth-order valence-electron chi connectivity index (χ4n) is 0.788. The second kappa shape index (κ2) is 4.18. The van der Waals surface area contributed by atoms with Crippen molar-refractivity contribution in [3.8, 4) is 0 Å². The molecule has 0 fully saturated rings. The maximum Gasteiger partial charge on any atom is 0.0144 e. The quantitative estimate of drug-likeness (QED) is 0.621. The molecule has 0 saturated heterocycles. The van der Waals surface area contributed by atoms with E-state index in [4.69, 9.17) is 0 Å². The molecule has 1 aliphatic heterocycles. The van der Waals surface area contributed by atoms with Crippen molar-refractivity contribution in [2.45, 2.75) is 19.8 Å². The second-order valence-electron chi connectivity index (χ2n) is 2.05. The van der Waals surface area contributed by atoms with Gasteiger partial charge in [-0.25, -0.2) is 0 Å². The molecule has 0 atom stereocenters. The molecule has 8 heavy (non-hydrogen) atoms. The number of allylic oxidation sites excluding steroid dienone is 1. The van der Waals surface area contributed by atoms with Crippen LogP contribution >= 0.6 is 24.0 Å². The van der Waals surface area contributed by atoms with Gasteiger partial charge in [-0.15, -0.1) is 24.0 Å². The van der Waals surface area contributed by atoms with E-state index in [-0.39, 0.29) is 24.0 Å². The molecule has 0 bridgehead atoms. The maximum absolute atomic E-state index is 3.17. The first-order valence-corrected chi connectivity index (χ1v) is 2.78. The lowest BCUT2D eigenvalue weighted by molar-refractivity contribution is 0.699. The summed E-state index contributed by atoms with van der Waals surface area (Å²) in [4.78, 5) is 0. The molecule has 0 aromatic rings. The minimum Gasteiger partial charge on any atom is -0.391 e. The number of hydrogen-bond acceptors (Lipinski definition) is 1. The summed E-state index contributed by atoms with van der Waals surface area (Å²) in [6.45, 7) is 3.32. The molecule has 48 valence electrons. The average molecular weight is 225 g/mol. The lowest BCUT2D eigenvalue weighted by atomic mass is 10.1. The fourth-order valence-corrected chi connectivity index (χ4v) is 0.788. The van der Waals surface area contributed by atoms with Crippen LogP contribution in [0.25, 0.3) is 0 Å². The van der Waals surface area contributed by atoms with Crippen LogP contribution in [0.15, 0.2) is 11.8 Å². The smallest absolute Gasteiger partial charge is 0.0144 e. The van der Waals surface area contributed by atoms with E-state index in [1.165, 1.54) is 18.4 Å². The van der Waals surface area contributed by atoms with Gasteiger partial charge < -0.3 is 5.32 Å². The molecule has 1 aliphatic rings. The third-order valence-corrected chi connectivity index (χ3v) is 1.24. The molecule has 1 rings (SSSR count). The van der Waals surface area contributed by atoms with E-state index < -0.39 is 0 Å². The molecular formula is C6H12IN.